The second-order valence-electron chi connectivity index (χ2n) is 4.08. The maximum Gasteiger partial charge on any atom is 0.338 e. The Balaban J connectivity index is 3.28. The van der Waals surface area contributed by atoms with E-state index in [9.17, 15) is 4.79 Å². The minimum Gasteiger partial charge on any atom is -0.462 e. The summed E-state index contributed by atoms with van der Waals surface area (Å²) in [6, 6.07) is 8.22. The molecule has 1 aromatic carbocycles. The van der Waals surface area contributed by atoms with Crippen LogP contribution >= 0.6 is 15.9 Å². The van der Waals surface area contributed by atoms with E-state index in [0.29, 0.717) is 21.3 Å². The van der Waals surface area contributed by atoms with Crippen molar-refractivity contribution >= 4 is 27.6 Å². The average Bonchev–Trinajstić information content (AvgIpc) is 2.49. The number of nitriles is 3. The summed E-state index contributed by atoms with van der Waals surface area (Å²) in [7, 11) is 0. The van der Waals surface area contributed by atoms with Crippen LogP contribution in [-0.2, 0) is 4.74 Å². The molecule has 6 nitrogen and oxygen atoms in total. The number of aryl methyl sites for hydroxylation is 1. The third-order valence-electron chi connectivity index (χ3n) is 2.63. The first-order chi connectivity index (χ1) is 10.5. The number of hydrogen-bond acceptors (Lipinski definition) is 6. The molecule has 110 valence electrons. The monoisotopic (exact) mass is 358 g/mol. The third kappa shape index (κ3) is 3.85. The Morgan fingerprint density at radius 3 is 2.36 bits per heavy atom. The standard InChI is InChI=1S/C15H11BrN4O2/c1-3-22-15(21)10-4-9(2)14(12(16)5-10)20-13(8-19)11(6-17)7-18/h4-5,20H,3H2,1-2H3. The molecule has 0 aliphatic heterocycles. The molecule has 0 heterocycles. The molecular weight excluding hydrogens is 348 g/mol. The zero-order chi connectivity index (χ0) is 16.7. The van der Waals surface area contributed by atoms with Gasteiger partial charge in [0.1, 0.15) is 23.9 Å². The Hall–Kier alpha value is -2.82. The molecule has 0 aromatic heterocycles. The lowest BCUT2D eigenvalue weighted by molar-refractivity contribution is 0.0526. The number of halogens is 1. The number of esters is 1. The van der Waals surface area contributed by atoms with Crippen LogP contribution in [-0.4, -0.2) is 12.6 Å². The van der Waals surface area contributed by atoms with E-state index in [2.05, 4.69) is 21.2 Å². The zero-order valence-corrected chi connectivity index (χ0v) is 13.5. The van der Waals surface area contributed by atoms with Gasteiger partial charge in [0, 0.05) is 4.47 Å². The zero-order valence-electron chi connectivity index (χ0n) is 11.9. The lowest BCUT2D eigenvalue weighted by atomic mass is 10.1. The van der Waals surface area contributed by atoms with Crippen molar-refractivity contribution in [2.24, 2.45) is 0 Å². The maximum atomic E-state index is 11.7. The van der Waals surface area contributed by atoms with E-state index in [1.165, 1.54) is 0 Å². The van der Waals surface area contributed by atoms with Gasteiger partial charge in [0.15, 0.2) is 5.57 Å². The Morgan fingerprint density at radius 1 is 1.27 bits per heavy atom. The first-order valence-corrected chi connectivity index (χ1v) is 6.96. The van der Waals surface area contributed by atoms with E-state index >= 15 is 0 Å². The van der Waals surface area contributed by atoms with Gasteiger partial charge in [-0.25, -0.2) is 4.79 Å². The second kappa shape index (κ2) is 7.83. The summed E-state index contributed by atoms with van der Waals surface area (Å²) in [5.74, 6) is -0.455. The fourth-order valence-electron chi connectivity index (χ4n) is 1.64. The smallest absolute Gasteiger partial charge is 0.338 e. The molecule has 22 heavy (non-hydrogen) atoms. The van der Waals surface area contributed by atoms with Crippen LogP contribution in [0.15, 0.2) is 27.9 Å². The van der Waals surface area contributed by atoms with Gasteiger partial charge in [0.2, 0.25) is 0 Å². The molecule has 0 atom stereocenters. The highest BCUT2D eigenvalue weighted by molar-refractivity contribution is 9.10. The molecule has 0 spiro atoms. The molecule has 0 fully saturated rings. The molecule has 0 saturated heterocycles. The van der Waals surface area contributed by atoms with E-state index in [1.807, 2.05) is 0 Å². The van der Waals surface area contributed by atoms with Gasteiger partial charge in [-0.2, -0.15) is 15.8 Å². The molecule has 0 radical (unpaired) electrons. The van der Waals surface area contributed by atoms with E-state index in [4.69, 9.17) is 20.5 Å². The normalized spacial score (nSPS) is 8.91. The number of rotatable bonds is 4. The molecule has 0 bridgehead atoms. The lowest BCUT2D eigenvalue weighted by Gasteiger charge is -2.12. The first kappa shape index (κ1) is 17.2. The fraction of sp³-hybridized carbons (Fsp3) is 0.200. The number of benzene rings is 1. The fourth-order valence-corrected chi connectivity index (χ4v) is 2.30. The van der Waals surface area contributed by atoms with E-state index in [1.54, 1.807) is 44.2 Å². The second-order valence-corrected chi connectivity index (χ2v) is 4.94. The third-order valence-corrected chi connectivity index (χ3v) is 3.26. The van der Waals surface area contributed by atoms with Crippen LogP contribution in [0.1, 0.15) is 22.8 Å². The number of nitrogens with one attached hydrogen (secondary N) is 1. The Morgan fingerprint density at radius 2 is 1.91 bits per heavy atom. The van der Waals surface area contributed by atoms with Crippen LogP contribution in [0.5, 0.6) is 0 Å². The number of carbonyl (C=O) groups is 1. The number of carbonyl (C=O) groups excluding carboxylic acids is 1. The summed E-state index contributed by atoms with van der Waals surface area (Å²) < 4.78 is 5.44. The van der Waals surface area contributed by atoms with Gasteiger partial charge in [-0.1, -0.05) is 0 Å². The number of nitrogens with zero attached hydrogens (tertiary/aromatic N) is 3. The van der Waals surface area contributed by atoms with Crippen molar-refractivity contribution in [2.75, 3.05) is 11.9 Å². The molecule has 1 rings (SSSR count). The Labute approximate surface area is 136 Å². The number of allylic oxidation sites excluding steroid dienone is 2. The molecule has 0 saturated carbocycles. The van der Waals surface area contributed by atoms with E-state index in [-0.39, 0.29) is 17.9 Å². The Kier molecular flexibility index (Phi) is 6.13. The molecule has 1 aromatic rings. The van der Waals surface area contributed by atoms with Gasteiger partial charge in [0.05, 0.1) is 17.9 Å². The van der Waals surface area contributed by atoms with Crippen LogP contribution in [0.4, 0.5) is 5.69 Å². The van der Waals surface area contributed by atoms with Crippen LogP contribution in [0.25, 0.3) is 0 Å². The lowest BCUT2D eigenvalue weighted by Crippen LogP contribution is -2.08. The van der Waals surface area contributed by atoms with Gasteiger partial charge in [-0.05, 0) is 47.5 Å². The average molecular weight is 359 g/mol. The van der Waals surface area contributed by atoms with Gasteiger partial charge >= 0.3 is 5.97 Å². The maximum absolute atomic E-state index is 11.7. The molecule has 1 N–H and O–H groups in total. The quantitative estimate of drug-likeness (QED) is 0.653. The minimum atomic E-state index is -0.455. The number of ether oxygens (including phenoxy) is 1. The first-order valence-electron chi connectivity index (χ1n) is 6.17. The predicted molar refractivity (Wildman–Crippen MR) is 82.3 cm³/mol. The number of anilines is 1. The summed E-state index contributed by atoms with van der Waals surface area (Å²) in [4.78, 5) is 11.7. The highest BCUT2D eigenvalue weighted by Crippen LogP contribution is 2.29. The summed E-state index contributed by atoms with van der Waals surface area (Å²) >= 11 is 3.30. The van der Waals surface area contributed by atoms with Crippen molar-refractivity contribution < 1.29 is 9.53 Å². The van der Waals surface area contributed by atoms with Crippen molar-refractivity contribution in [2.45, 2.75) is 13.8 Å². The summed E-state index contributed by atoms with van der Waals surface area (Å²) in [6.07, 6.45) is 0. The van der Waals surface area contributed by atoms with Crippen molar-refractivity contribution in [3.63, 3.8) is 0 Å². The van der Waals surface area contributed by atoms with Crippen LogP contribution in [0.2, 0.25) is 0 Å². The van der Waals surface area contributed by atoms with Crippen molar-refractivity contribution in [1.82, 2.24) is 0 Å². The van der Waals surface area contributed by atoms with E-state index in [0.717, 1.165) is 0 Å². The molecule has 0 unspecified atom stereocenters. The molecule has 7 heteroatoms. The molecule has 0 amide bonds. The SMILES string of the molecule is CCOC(=O)c1cc(C)c(NC(C#N)=C(C#N)C#N)c(Br)c1. The Bertz CT molecular complexity index is 724. The van der Waals surface area contributed by atoms with Gasteiger partial charge in [-0.15, -0.1) is 0 Å². The summed E-state index contributed by atoms with van der Waals surface area (Å²) in [5, 5.41) is 29.4. The van der Waals surface area contributed by atoms with Gasteiger partial charge < -0.3 is 10.1 Å². The number of hydrogen-bond donors (Lipinski definition) is 1. The molecule has 0 aliphatic rings. The van der Waals surface area contributed by atoms with Gasteiger partial charge in [0.25, 0.3) is 0 Å². The van der Waals surface area contributed by atoms with Crippen molar-refractivity contribution in [3.05, 3.63) is 39.0 Å². The highest BCUT2D eigenvalue weighted by Gasteiger charge is 2.15. The van der Waals surface area contributed by atoms with Crippen LogP contribution in [0.3, 0.4) is 0 Å². The van der Waals surface area contributed by atoms with Crippen molar-refractivity contribution in [1.29, 1.82) is 15.8 Å². The summed E-state index contributed by atoms with van der Waals surface area (Å²) in [6.45, 7) is 3.71. The molecule has 0 aliphatic carbocycles. The van der Waals surface area contributed by atoms with Crippen molar-refractivity contribution in [3.8, 4) is 18.2 Å². The van der Waals surface area contributed by atoms with E-state index < -0.39 is 5.97 Å². The summed E-state index contributed by atoms with van der Waals surface area (Å²) in [5.41, 5.74) is 1.04. The van der Waals surface area contributed by atoms with Crippen LogP contribution < -0.4 is 5.32 Å². The molecular formula is C15H11BrN4O2. The highest BCUT2D eigenvalue weighted by atomic mass is 79.9. The largest absolute Gasteiger partial charge is 0.462 e. The topological polar surface area (TPSA) is 110 Å². The van der Waals surface area contributed by atoms with Gasteiger partial charge in [-0.3, -0.25) is 0 Å². The predicted octanol–water partition coefficient (Wildman–Crippen LogP) is 3.17. The minimum absolute atomic E-state index is 0.155. The van der Waals surface area contributed by atoms with Crippen LogP contribution in [0, 0.1) is 40.9 Å².